The van der Waals surface area contributed by atoms with Gasteiger partial charge < -0.3 is 10.5 Å². The van der Waals surface area contributed by atoms with Crippen molar-refractivity contribution in [1.29, 1.82) is 0 Å². The van der Waals surface area contributed by atoms with Crippen LogP contribution in [0.4, 0.5) is 0 Å². The van der Waals surface area contributed by atoms with Crippen LogP contribution in [0.2, 0.25) is 0 Å². The van der Waals surface area contributed by atoms with E-state index >= 15 is 0 Å². The number of hydrogen-bond acceptors (Lipinski definition) is 3. The minimum absolute atomic E-state index is 0.150. The molecule has 0 atom stereocenters. The van der Waals surface area contributed by atoms with Crippen molar-refractivity contribution in [2.45, 2.75) is 25.3 Å². The Hall–Kier alpha value is -1.35. The molecule has 0 amide bonds. The Bertz CT molecular complexity index is 259. The number of esters is 1. The highest BCUT2D eigenvalue weighted by Gasteiger charge is 2.24. The summed E-state index contributed by atoms with van der Waals surface area (Å²) in [5, 5.41) is 0. The topological polar surface area (TPSA) is 52.3 Å². The Morgan fingerprint density at radius 3 is 2.20 bits per heavy atom. The maximum Gasteiger partial charge on any atom is 0.333 e. The third-order valence-corrected chi connectivity index (χ3v) is 1.94. The zero-order valence-corrected chi connectivity index (χ0v) is 9.29. The lowest BCUT2D eigenvalue weighted by molar-refractivity contribution is -0.140. The molecule has 0 aliphatic carbocycles. The molecule has 0 heterocycles. The number of carbonyl (C=O) groups excluding carboxylic acids is 1. The minimum Gasteiger partial charge on any atom is -0.460 e. The monoisotopic (exact) mass is 209 g/mol. The average molecular weight is 209 g/mol. The van der Waals surface area contributed by atoms with E-state index in [4.69, 9.17) is 10.5 Å². The molecular weight excluding hydrogens is 190 g/mol. The Labute approximate surface area is 91.3 Å². The van der Waals surface area contributed by atoms with Gasteiger partial charge in [0, 0.05) is 5.57 Å². The van der Waals surface area contributed by atoms with E-state index in [0.717, 1.165) is 0 Å². The van der Waals surface area contributed by atoms with E-state index in [9.17, 15) is 4.79 Å². The lowest BCUT2D eigenvalue weighted by Gasteiger charge is -2.26. The van der Waals surface area contributed by atoms with Crippen LogP contribution in [0.25, 0.3) is 0 Å². The van der Waals surface area contributed by atoms with Crippen molar-refractivity contribution in [3.8, 4) is 0 Å². The van der Waals surface area contributed by atoms with Crippen LogP contribution in [0.5, 0.6) is 0 Å². The molecular formula is C12H19NO2. The summed E-state index contributed by atoms with van der Waals surface area (Å²) in [6.45, 7) is 12.5. The average Bonchev–Trinajstić information content (AvgIpc) is 2.15. The van der Waals surface area contributed by atoms with E-state index in [0.29, 0.717) is 18.4 Å². The zero-order valence-electron chi connectivity index (χ0n) is 9.29. The lowest BCUT2D eigenvalue weighted by Crippen LogP contribution is -2.44. The number of nitrogens with two attached hydrogens (primary N) is 1. The summed E-state index contributed by atoms with van der Waals surface area (Å²) in [4.78, 5) is 11.2. The summed E-state index contributed by atoms with van der Waals surface area (Å²) in [5.74, 6) is -0.419. The molecule has 0 saturated heterocycles. The highest BCUT2D eigenvalue weighted by Crippen LogP contribution is 2.14. The fourth-order valence-electron chi connectivity index (χ4n) is 1.11. The molecule has 3 heteroatoms. The standard InChI is InChI=1S/C12H19NO2/c1-5-7-12(13,8-6-2)9-15-11(14)10(3)4/h5-6H,1-3,7-9,13H2,4H3. The molecule has 15 heavy (non-hydrogen) atoms. The highest BCUT2D eigenvalue weighted by molar-refractivity contribution is 5.86. The van der Waals surface area contributed by atoms with Gasteiger partial charge in [0.05, 0.1) is 5.54 Å². The second-order valence-electron chi connectivity index (χ2n) is 3.70. The Balaban J connectivity index is 4.28. The summed E-state index contributed by atoms with van der Waals surface area (Å²) in [6, 6.07) is 0. The molecule has 0 radical (unpaired) electrons. The molecule has 0 aromatic heterocycles. The SMILES string of the molecule is C=CCC(N)(CC=C)COC(=O)C(=C)C. The van der Waals surface area contributed by atoms with Crippen LogP contribution in [0.3, 0.4) is 0 Å². The van der Waals surface area contributed by atoms with Crippen LogP contribution in [0.1, 0.15) is 19.8 Å². The van der Waals surface area contributed by atoms with Crippen LogP contribution >= 0.6 is 0 Å². The maximum atomic E-state index is 11.2. The van der Waals surface area contributed by atoms with Gasteiger partial charge in [-0.2, -0.15) is 0 Å². The van der Waals surface area contributed by atoms with Crippen LogP contribution in [-0.2, 0) is 9.53 Å². The summed E-state index contributed by atoms with van der Waals surface area (Å²) in [7, 11) is 0. The first-order chi connectivity index (χ1) is 6.95. The number of rotatable bonds is 7. The smallest absolute Gasteiger partial charge is 0.333 e. The van der Waals surface area contributed by atoms with Gasteiger partial charge in [0.1, 0.15) is 6.61 Å². The van der Waals surface area contributed by atoms with Gasteiger partial charge in [-0.1, -0.05) is 18.7 Å². The fraction of sp³-hybridized carbons (Fsp3) is 0.417. The Kier molecular flexibility index (Phi) is 5.64. The third-order valence-electron chi connectivity index (χ3n) is 1.94. The van der Waals surface area contributed by atoms with E-state index in [1.54, 1.807) is 19.1 Å². The van der Waals surface area contributed by atoms with Crippen molar-refractivity contribution < 1.29 is 9.53 Å². The second kappa shape index (κ2) is 6.19. The van der Waals surface area contributed by atoms with Gasteiger partial charge in [-0.15, -0.1) is 13.2 Å². The van der Waals surface area contributed by atoms with Gasteiger partial charge >= 0.3 is 5.97 Å². The molecule has 0 aromatic rings. The first-order valence-corrected chi connectivity index (χ1v) is 4.78. The molecule has 0 aliphatic heterocycles. The van der Waals surface area contributed by atoms with E-state index in [1.165, 1.54) is 0 Å². The van der Waals surface area contributed by atoms with Crippen molar-refractivity contribution in [1.82, 2.24) is 0 Å². The second-order valence-corrected chi connectivity index (χ2v) is 3.70. The molecule has 0 rings (SSSR count). The van der Waals surface area contributed by atoms with E-state index in [2.05, 4.69) is 19.7 Å². The molecule has 0 aromatic carbocycles. The maximum absolute atomic E-state index is 11.2. The first kappa shape index (κ1) is 13.7. The highest BCUT2D eigenvalue weighted by atomic mass is 16.5. The molecule has 0 aliphatic rings. The number of carbonyl (C=O) groups is 1. The van der Waals surface area contributed by atoms with Crippen molar-refractivity contribution >= 4 is 5.97 Å². The van der Waals surface area contributed by atoms with Crippen LogP contribution in [0, 0.1) is 0 Å². The lowest BCUT2D eigenvalue weighted by atomic mass is 9.93. The van der Waals surface area contributed by atoms with Gasteiger partial charge in [-0.05, 0) is 19.8 Å². The predicted molar refractivity (Wildman–Crippen MR) is 62.3 cm³/mol. The molecule has 2 N–H and O–H groups in total. The normalized spacial score (nSPS) is 10.5. The molecule has 0 fully saturated rings. The largest absolute Gasteiger partial charge is 0.460 e. The summed E-state index contributed by atoms with van der Waals surface area (Å²) in [5.41, 5.74) is 5.79. The third kappa shape index (κ3) is 5.18. The van der Waals surface area contributed by atoms with Crippen LogP contribution in [0.15, 0.2) is 37.5 Å². The van der Waals surface area contributed by atoms with Crippen LogP contribution < -0.4 is 5.73 Å². The van der Waals surface area contributed by atoms with Gasteiger partial charge in [-0.25, -0.2) is 4.79 Å². The van der Waals surface area contributed by atoms with E-state index in [1.807, 2.05) is 0 Å². The zero-order chi connectivity index (χ0) is 11.9. The van der Waals surface area contributed by atoms with E-state index < -0.39 is 11.5 Å². The predicted octanol–water partition coefficient (Wildman–Crippen LogP) is 1.96. The van der Waals surface area contributed by atoms with Gasteiger partial charge in [0.2, 0.25) is 0 Å². The van der Waals surface area contributed by atoms with Gasteiger partial charge in [0.25, 0.3) is 0 Å². The first-order valence-electron chi connectivity index (χ1n) is 4.78. The molecule has 84 valence electrons. The van der Waals surface area contributed by atoms with E-state index in [-0.39, 0.29) is 6.61 Å². The van der Waals surface area contributed by atoms with Crippen molar-refractivity contribution in [2.24, 2.45) is 5.73 Å². The van der Waals surface area contributed by atoms with Gasteiger partial charge in [-0.3, -0.25) is 0 Å². The number of ether oxygens (including phenoxy) is 1. The Morgan fingerprint density at radius 2 is 1.87 bits per heavy atom. The molecule has 0 spiro atoms. The van der Waals surface area contributed by atoms with Crippen molar-refractivity contribution in [3.63, 3.8) is 0 Å². The molecule has 0 unspecified atom stereocenters. The van der Waals surface area contributed by atoms with Crippen LogP contribution in [-0.4, -0.2) is 18.1 Å². The summed E-state index contributed by atoms with van der Waals surface area (Å²) in [6.07, 6.45) is 4.56. The van der Waals surface area contributed by atoms with Crippen molar-refractivity contribution in [2.75, 3.05) is 6.61 Å². The minimum atomic E-state index is -0.603. The van der Waals surface area contributed by atoms with Gasteiger partial charge in [0.15, 0.2) is 0 Å². The Morgan fingerprint density at radius 1 is 1.40 bits per heavy atom. The van der Waals surface area contributed by atoms with Crippen molar-refractivity contribution in [3.05, 3.63) is 37.5 Å². The summed E-state index contributed by atoms with van der Waals surface area (Å²) >= 11 is 0. The number of hydrogen-bond donors (Lipinski definition) is 1. The fourth-order valence-corrected chi connectivity index (χ4v) is 1.11. The molecule has 0 bridgehead atoms. The summed E-state index contributed by atoms with van der Waals surface area (Å²) < 4.78 is 5.01. The quantitative estimate of drug-likeness (QED) is 0.396. The molecule has 3 nitrogen and oxygen atoms in total. The molecule has 0 saturated carbocycles.